The molecule has 7 heteroatoms. The van der Waals surface area contributed by atoms with Crippen LogP contribution in [-0.2, 0) is 0 Å². The second kappa shape index (κ2) is 11.1. The molecule has 0 saturated heterocycles. The van der Waals surface area contributed by atoms with Crippen LogP contribution in [0.15, 0.2) is 72.8 Å². The summed E-state index contributed by atoms with van der Waals surface area (Å²) in [5, 5.41) is 0.668. The smallest absolute Gasteiger partial charge is 0.263 e. The van der Waals surface area contributed by atoms with Crippen LogP contribution in [0.3, 0.4) is 0 Å². The highest BCUT2D eigenvalue weighted by Crippen LogP contribution is 2.34. The number of nitrogens with zero attached hydrogens (tertiary/aromatic N) is 3. The lowest BCUT2D eigenvalue weighted by molar-refractivity contribution is 0.0984. The molecule has 0 aliphatic heterocycles. The van der Waals surface area contributed by atoms with Gasteiger partial charge in [0, 0.05) is 6.54 Å². The summed E-state index contributed by atoms with van der Waals surface area (Å²) in [5.41, 5.74) is 1.35. The lowest BCUT2D eigenvalue weighted by Crippen LogP contribution is -2.33. The van der Waals surface area contributed by atoms with Crippen LogP contribution < -0.4 is 14.4 Å². The Balaban J connectivity index is 1.67. The zero-order valence-electron chi connectivity index (χ0n) is 19.7. The number of carbonyl (C=O) groups is 1. The molecular weight excluding hydrogens is 446 g/mol. The minimum Gasteiger partial charge on any atom is -0.494 e. The van der Waals surface area contributed by atoms with Crippen LogP contribution >= 0.6 is 11.3 Å². The average molecular weight is 476 g/mol. The molecule has 0 bridgehead atoms. The lowest BCUT2D eigenvalue weighted by atomic mass is 10.1. The third-order valence-electron chi connectivity index (χ3n) is 5.21. The van der Waals surface area contributed by atoms with Crippen molar-refractivity contribution in [3.8, 4) is 17.2 Å². The van der Waals surface area contributed by atoms with Crippen molar-refractivity contribution in [3.63, 3.8) is 0 Å². The molecule has 176 valence electrons. The zero-order chi connectivity index (χ0) is 23.9. The third-order valence-corrected chi connectivity index (χ3v) is 6.25. The molecule has 6 nitrogen and oxygen atoms in total. The third kappa shape index (κ3) is 5.73. The van der Waals surface area contributed by atoms with Gasteiger partial charge in [-0.3, -0.25) is 9.69 Å². The van der Waals surface area contributed by atoms with Gasteiger partial charge in [-0.1, -0.05) is 41.7 Å². The second-order valence-corrected chi connectivity index (χ2v) is 9.09. The fourth-order valence-corrected chi connectivity index (χ4v) is 4.61. The van der Waals surface area contributed by atoms with Crippen molar-refractivity contribution in [3.05, 3.63) is 78.4 Å². The average Bonchev–Trinajstić information content (AvgIpc) is 3.25. The van der Waals surface area contributed by atoms with E-state index in [1.165, 1.54) is 11.3 Å². The zero-order valence-corrected chi connectivity index (χ0v) is 20.5. The maximum Gasteiger partial charge on any atom is 0.263 e. The highest BCUT2D eigenvalue weighted by atomic mass is 32.1. The van der Waals surface area contributed by atoms with E-state index in [2.05, 4.69) is 4.90 Å². The first-order valence-electron chi connectivity index (χ1n) is 11.4. The summed E-state index contributed by atoms with van der Waals surface area (Å²) >= 11 is 1.50. The predicted molar refractivity (Wildman–Crippen MR) is 139 cm³/mol. The Hall–Kier alpha value is -3.42. The summed E-state index contributed by atoms with van der Waals surface area (Å²) < 4.78 is 12.7. The molecule has 1 amide bonds. The monoisotopic (exact) mass is 475 g/mol. The number of rotatable bonds is 10. The van der Waals surface area contributed by atoms with E-state index in [1.807, 2.05) is 87.7 Å². The molecule has 0 radical (unpaired) electrons. The van der Waals surface area contributed by atoms with Gasteiger partial charge in [-0.25, -0.2) is 4.98 Å². The molecule has 0 fully saturated rings. The molecule has 0 atom stereocenters. The summed E-state index contributed by atoms with van der Waals surface area (Å²) in [7, 11) is 4.06. The number of aromatic nitrogens is 1. The van der Waals surface area contributed by atoms with Gasteiger partial charge in [0.2, 0.25) is 0 Å². The lowest BCUT2D eigenvalue weighted by Gasteiger charge is -2.22. The Morgan fingerprint density at radius 3 is 2.47 bits per heavy atom. The van der Waals surface area contributed by atoms with Gasteiger partial charge in [0.15, 0.2) is 5.13 Å². The number of amides is 1. The number of benzene rings is 3. The minimum absolute atomic E-state index is 0.130. The van der Waals surface area contributed by atoms with Gasteiger partial charge < -0.3 is 14.4 Å². The van der Waals surface area contributed by atoms with Crippen molar-refractivity contribution in [2.45, 2.75) is 13.3 Å². The molecule has 0 N–H and O–H groups in total. The Morgan fingerprint density at radius 2 is 1.71 bits per heavy atom. The second-order valence-electron chi connectivity index (χ2n) is 8.08. The number of anilines is 1. The van der Waals surface area contributed by atoms with E-state index >= 15 is 0 Å². The summed E-state index contributed by atoms with van der Waals surface area (Å²) in [4.78, 5) is 22.5. The van der Waals surface area contributed by atoms with Crippen molar-refractivity contribution >= 4 is 32.6 Å². The van der Waals surface area contributed by atoms with Gasteiger partial charge >= 0.3 is 0 Å². The predicted octanol–water partition coefficient (Wildman–Crippen LogP) is 6.09. The molecule has 0 spiro atoms. The number of para-hydroxylation sites is 2. The van der Waals surface area contributed by atoms with Crippen LogP contribution in [0, 0.1) is 0 Å². The van der Waals surface area contributed by atoms with E-state index in [0.717, 1.165) is 28.9 Å². The quantitative estimate of drug-likeness (QED) is 0.278. The number of fused-ring (bicyclic) bond motifs is 1. The van der Waals surface area contributed by atoms with Gasteiger partial charge in [0.1, 0.15) is 17.2 Å². The molecule has 0 aliphatic rings. The van der Waals surface area contributed by atoms with Gasteiger partial charge in [-0.05, 0) is 76.4 Å². The van der Waals surface area contributed by atoms with Crippen molar-refractivity contribution in [1.29, 1.82) is 0 Å². The SMILES string of the molecule is CCOc1ccc2nc(N(CCCN(C)C)C(=O)c3ccccc3Oc3ccccc3)sc2c1. The Bertz CT molecular complexity index is 1240. The van der Waals surface area contributed by atoms with Crippen molar-refractivity contribution in [2.75, 3.05) is 38.7 Å². The number of ether oxygens (including phenoxy) is 2. The molecule has 0 saturated carbocycles. The summed E-state index contributed by atoms with van der Waals surface area (Å²) in [6.07, 6.45) is 0.820. The van der Waals surface area contributed by atoms with E-state index in [9.17, 15) is 4.79 Å². The van der Waals surface area contributed by atoms with E-state index in [-0.39, 0.29) is 5.91 Å². The first-order chi connectivity index (χ1) is 16.5. The van der Waals surface area contributed by atoms with E-state index in [0.29, 0.717) is 35.3 Å². The Kier molecular flexibility index (Phi) is 7.77. The van der Waals surface area contributed by atoms with Gasteiger partial charge in [-0.2, -0.15) is 0 Å². The highest BCUT2D eigenvalue weighted by molar-refractivity contribution is 7.22. The first kappa shape index (κ1) is 23.7. The first-order valence-corrected chi connectivity index (χ1v) is 12.2. The Labute approximate surface area is 204 Å². The number of hydrogen-bond donors (Lipinski definition) is 0. The van der Waals surface area contributed by atoms with E-state index < -0.39 is 0 Å². The summed E-state index contributed by atoms with van der Waals surface area (Å²) in [5.74, 6) is 1.88. The van der Waals surface area contributed by atoms with Crippen molar-refractivity contribution in [2.24, 2.45) is 0 Å². The molecule has 0 unspecified atom stereocenters. The number of thiazole rings is 1. The van der Waals surface area contributed by atoms with Crippen LogP contribution in [0.2, 0.25) is 0 Å². The largest absolute Gasteiger partial charge is 0.494 e. The maximum atomic E-state index is 13.9. The molecule has 0 aliphatic carbocycles. The molecule has 34 heavy (non-hydrogen) atoms. The highest BCUT2D eigenvalue weighted by Gasteiger charge is 2.24. The number of carbonyl (C=O) groups excluding carboxylic acids is 1. The fraction of sp³-hybridized carbons (Fsp3) is 0.259. The van der Waals surface area contributed by atoms with E-state index in [1.54, 1.807) is 11.0 Å². The van der Waals surface area contributed by atoms with Gasteiger partial charge in [0.05, 0.1) is 22.4 Å². The van der Waals surface area contributed by atoms with Crippen LogP contribution in [0.5, 0.6) is 17.2 Å². The Morgan fingerprint density at radius 1 is 0.941 bits per heavy atom. The normalized spacial score (nSPS) is 11.1. The van der Waals surface area contributed by atoms with Gasteiger partial charge in [-0.15, -0.1) is 0 Å². The van der Waals surface area contributed by atoms with Gasteiger partial charge in [0.25, 0.3) is 5.91 Å². The molecule has 1 aromatic heterocycles. The molecule has 4 rings (SSSR count). The topological polar surface area (TPSA) is 54.9 Å². The van der Waals surface area contributed by atoms with Crippen LogP contribution in [-0.4, -0.2) is 49.6 Å². The molecular formula is C27H29N3O3S. The van der Waals surface area contributed by atoms with Crippen molar-refractivity contribution in [1.82, 2.24) is 9.88 Å². The minimum atomic E-state index is -0.130. The summed E-state index contributed by atoms with van der Waals surface area (Å²) in [6.45, 7) is 3.98. The fourth-order valence-electron chi connectivity index (χ4n) is 3.59. The molecule has 4 aromatic rings. The molecule has 1 heterocycles. The molecule has 3 aromatic carbocycles. The van der Waals surface area contributed by atoms with Crippen LogP contribution in [0.4, 0.5) is 5.13 Å². The van der Waals surface area contributed by atoms with Crippen LogP contribution in [0.1, 0.15) is 23.7 Å². The maximum absolute atomic E-state index is 13.9. The standard InChI is InChI=1S/C27H29N3O3S/c1-4-32-21-15-16-23-25(19-21)34-27(28-23)30(18-10-17-29(2)3)26(31)22-13-8-9-14-24(22)33-20-11-6-5-7-12-20/h5-9,11-16,19H,4,10,17-18H2,1-3H3. The van der Waals surface area contributed by atoms with Crippen LogP contribution in [0.25, 0.3) is 10.2 Å². The van der Waals surface area contributed by atoms with Crippen molar-refractivity contribution < 1.29 is 14.3 Å². The number of hydrogen-bond acceptors (Lipinski definition) is 6. The van der Waals surface area contributed by atoms with E-state index in [4.69, 9.17) is 14.5 Å². The summed E-state index contributed by atoms with van der Waals surface area (Å²) in [6, 6.07) is 22.7.